The van der Waals surface area contributed by atoms with Crippen LogP contribution in [-0.2, 0) is 0 Å². The summed E-state index contributed by atoms with van der Waals surface area (Å²) < 4.78 is 0. The molecule has 90 valence electrons. The van der Waals surface area contributed by atoms with E-state index < -0.39 is 0 Å². The second-order valence-electron chi connectivity index (χ2n) is 4.57. The first-order valence-electron chi connectivity index (χ1n) is 6.56. The highest BCUT2D eigenvalue weighted by Crippen LogP contribution is 2.10. The monoisotopic (exact) mass is 219 g/mol. The first-order chi connectivity index (χ1) is 7.83. The fourth-order valence-corrected chi connectivity index (χ4v) is 1.98. The van der Waals surface area contributed by atoms with Crippen molar-refractivity contribution in [1.29, 1.82) is 0 Å². The van der Waals surface area contributed by atoms with Gasteiger partial charge in [-0.05, 0) is 38.6 Å². The van der Waals surface area contributed by atoms with E-state index in [1.54, 1.807) is 0 Å². The van der Waals surface area contributed by atoms with E-state index in [0.717, 1.165) is 13.0 Å². The van der Waals surface area contributed by atoms with Gasteiger partial charge in [-0.1, -0.05) is 49.8 Å². The van der Waals surface area contributed by atoms with Crippen LogP contribution < -0.4 is 5.32 Å². The molecule has 2 atom stereocenters. The van der Waals surface area contributed by atoms with Crippen LogP contribution in [0.2, 0.25) is 0 Å². The Balaban J connectivity index is 2.21. The third kappa shape index (κ3) is 5.92. The molecule has 1 nitrogen and oxygen atoms in total. The Morgan fingerprint density at radius 1 is 1.25 bits per heavy atom. The first kappa shape index (κ1) is 13.2. The quantitative estimate of drug-likeness (QED) is 0.669. The Morgan fingerprint density at radius 3 is 2.94 bits per heavy atom. The Bertz CT molecular complexity index is 250. The Labute approximate surface area is 100 Å². The molecule has 0 saturated carbocycles. The highest BCUT2D eigenvalue weighted by atomic mass is 14.9. The van der Waals surface area contributed by atoms with Crippen LogP contribution in [0, 0.1) is 5.92 Å². The van der Waals surface area contributed by atoms with E-state index in [4.69, 9.17) is 0 Å². The van der Waals surface area contributed by atoms with Gasteiger partial charge in [-0.3, -0.25) is 0 Å². The summed E-state index contributed by atoms with van der Waals surface area (Å²) in [4.78, 5) is 0. The highest BCUT2D eigenvalue weighted by Gasteiger charge is 2.03. The lowest BCUT2D eigenvalue weighted by Gasteiger charge is -2.14. The summed E-state index contributed by atoms with van der Waals surface area (Å²) in [5.41, 5.74) is 0. The van der Waals surface area contributed by atoms with Gasteiger partial charge in [0.2, 0.25) is 0 Å². The number of nitrogens with one attached hydrogen (secondary N) is 1. The summed E-state index contributed by atoms with van der Waals surface area (Å²) >= 11 is 0. The first-order valence-corrected chi connectivity index (χ1v) is 6.56. The summed E-state index contributed by atoms with van der Waals surface area (Å²) in [7, 11) is 0. The lowest BCUT2D eigenvalue weighted by molar-refractivity contribution is 0.489. The van der Waals surface area contributed by atoms with Crippen molar-refractivity contribution in [2.45, 2.75) is 45.6 Å². The topological polar surface area (TPSA) is 12.0 Å². The largest absolute Gasteiger partial charge is 0.314 e. The maximum absolute atomic E-state index is 3.58. The summed E-state index contributed by atoms with van der Waals surface area (Å²) in [5.74, 6) is 0.603. The standard InChI is InChI=1S/C15H25N/c1-3-9-14(2)16-13-12-15-10-7-5-4-6-8-11-15/h4-5,7-8,10-11,14-16H,3,6,9,12-13H2,1-2H3/b5-4?,10-7?,11-8-. The highest BCUT2D eigenvalue weighted by molar-refractivity contribution is 5.13. The van der Waals surface area contributed by atoms with Crippen molar-refractivity contribution in [3.63, 3.8) is 0 Å². The molecular weight excluding hydrogens is 194 g/mol. The Kier molecular flexibility index (Phi) is 6.91. The molecule has 0 aromatic carbocycles. The lowest BCUT2D eigenvalue weighted by atomic mass is 10.0. The SMILES string of the molecule is CCCC(C)NCCC1C=CC=CC/C=C\1. The van der Waals surface area contributed by atoms with E-state index >= 15 is 0 Å². The molecule has 0 heterocycles. The zero-order valence-electron chi connectivity index (χ0n) is 10.7. The van der Waals surface area contributed by atoms with E-state index in [-0.39, 0.29) is 0 Å². The smallest absolute Gasteiger partial charge is 0.00386 e. The zero-order chi connectivity index (χ0) is 11.6. The minimum absolute atomic E-state index is 0.603. The third-order valence-electron chi connectivity index (χ3n) is 2.95. The minimum Gasteiger partial charge on any atom is -0.314 e. The van der Waals surface area contributed by atoms with Crippen molar-refractivity contribution in [3.8, 4) is 0 Å². The minimum atomic E-state index is 0.603. The van der Waals surface area contributed by atoms with E-state index in [2.05, 4.69) is 55.6 Å². The maximum atomic E-state index is 3.58. The van der Waals surface area contributed by atoms with Crippen LogP contribution in [0.25, 0.3) is 0 Å². The van der Waals surface area contributed by atoms with Gasteiger partial charge in [0.25, 0.3) is 0 Å². The normalized spacial score (nSPS) is 23.8. The van der Waals surface area contributed by atoms with Crippen LogP contribution in [0.1, 0.15) is 39.5 Å². The van der Waals surface area contributed by atoms with Crippen molar-refractivity contribution in [2.24, 2.45) is 5.92 Å². The van der Waals surface area contributed by atoms with Crippen molar-refractivity contribution in [3.05, 3.63) is 36.5 Å². The van der Waals surface area contributed by atoms with Crippen LogP contribution in [-0.4, -0.2) is 12.6 Å². The molecular formula is C15H25N. The lowest BCUT2D eigenvalue weighted by Crippen LogP contribution is -2.27. The molecule has 0 aromatic rings. The van der Waals surface area contributed by atoms with Gasteiger partial charge in [0.15, 0.2) is 0 Å². The Hall–Kier alpha value is -0.820. The predicted octanol–water partition coefficient (Wildman–Crippen LogP) is 3.84. The van der Waals surface area contributed by atoms with Crippen molar-refractivity contribution < 1.29 is 0 Å². The van der Waals surface area contributed by atoms with Gasteiger partial charge in [0.1, 0.15) is 0 Å². The summed E-state index contributed by atoms with van der Waals surface area (Å²) in [6.45, 7) is 5.63. The maximum Gasteiger partial charge on any atom is 0.00386 e. The molecule has 1 rings (SSSR count). The van der Waals surface area contributed by atoms with Crippen molar-refractivity contribution in [1.82, 2.24) is 5.32 Å². The number of allylic oxidation sites excluding steroid dienone is 6. The molecule has 0 amide bonds. The molecule has 0 fully saturated rings. The Morgan fingerprint density at radius 2 is 2.12 bits per heavy atom. The van der Waals surface area contributed by atoms with Crippen molar-refractivity contribution in [2.75, 3.05) is 6.54 Å². The molecule has 2 unspecified atom stereocenters. The van der Waals surface area contributed by atoms with Crippen LogP contribution in [0.5, 0.6) is 0 Å². The second-order valence-corrected chi connectivity index (χ2v) is 4.57. The van der Waals surface area contributed by atoms with E-state index in [9.17, 15) is 0 Å². The van der Waals surface area contributed by atoms with Gasteiger partial charge in [-0.25, -0.2) is 0 Å². The fraction of sp³-hybridized carbons (Fsp3) is 0.600. The van der Waals surface area contributed by atoms with E-state index in [0.29, 0.717) is 12.0 Å². The van der Waals surface area contributed by atoms with Gasteiger partial charge in [0, 0.05) is 6.04 Å². The predicted molar refractivity (Wildman–Crippen MR) is 72.5 cm³/mol. The molecule has 0 radical (unpaired) electrons. The van der Waals surface area contributed by atoms with Crippen LogP contribution in [0.15, 0.2) is 36.5 Å². The zero-order valence-corrected chi connectivity index (χ0v) is 10.7. The number of hydrogen-bond donors (Lipinski definition) is 1. The molecule has 0 aliphatic heterocycles. The summed E-state index contributed by atoms with van der Waals surface area (Å²) in [6.07, 6.45) is 18.2. The number of rotatable bonds is 6. The summed E-state index contributed by atoms with van der Waals surface area (Å²) in [6, 6.07) is 0.659. The van der Waals surface area contributed by atoms with Crippen LogP contribution >= 0.6 is 0 Å². The van der Waals surface area contributed by atoms with Gasteiger partial charge in [-0.2, -0.15) is 0 Å². The molecule has 1 N–H and O–H groups in total. The molecule has 0 spiro atoms. The van der Waals surface area contributed by atoms with Gasteiger partial charge in [0.05, 0.1) is 0 Å². The average molecular weight is 219 g/mol. The molecule has 1 heteroatoms. The average Bonchev–Trinajstić information content (AvgIpc) is 2.21. The third-order valence-corrected chi connectivity index (χ3v) is 2.95. The fourth-order valence-electron chi connectivity index (χ4n) is 1.98. The number of hydrogen-bond acceptors (Lipinski definition) is 1. The molecule has 0 bridgehead atoms. The second kappa shape index (κ2) is 8.35. The molecule has 16 heavy (non-hydrogen) atoms. The van der Waals surface area contributed by atoms with Gasteiger partial charge >= 0.3 is 0 Å². The van der Waals surface area contributed by atoms with Crippen molar-refractivity contribution >= 4 is 0 Å². The molecule has 1 aliphatic carbocycles. The van der Waals surface area contributed by atoms with Gasteiger partial charge in [-0.15, -0.1) is 0 Å². The van der Waals surface area contributed by atoms with E-state index in [1.807, 2.05) is 0 Å². The molecule has 0 aromatic heterocycles. The van der Waals surface area contributed by atoms with Crippen LogP contribution in [0.4, 0.5) is 0 Å². The molecule has 1 aliphatic rings. The summed E-state index contributed by atoms with van der Waals surface area (Å²) in [5, 5.41) is 3.58. The van der Waals surface area contributed by atoms with Crippen LogP contribution in [0.3, 0.4) is 0 Å². The molecule has 0 saturated heterocycles. The van der Waals surface area contributed by atoms with Gasteiger partial charge < -0.3 is 5.32 Å². The van der Waals surface area contributed by atoms with E-state index in [1.165, 1.54) is 19.3 Å².